The van der Waals surface area contributed by atoms with Crippen LogP contribution in [-0.4, -0.2) is 42.6 Å². The maximum atomic E-state index is 11.8. The molecule has 52 heavy (non-hydrogen) atoms. The van der Waals surface area contributed by atoms with Crippen LogP contribution in [0.15, 0.2) is 85.7 Å². The van der Waals surface area contributed by atoms with E-state index in [0.29, 0.717) is 42.0 Å². The number of hydrogen-bond donors (Lipinski definition) is 0. The predicted octanol–water partition coefficient (Wildman–Crippen LogP) is 9.45. The molecule has 5 heterocycles. The first kappa shape index (κ1) is 34.5. The normalized spacial score (nSPS) is 24.0. The lowest BCUT2D eigenvalue weighted by molar-refractivity contribution is -0.270. The van der Waals surface area contributed by atoms with Crippen LogP contribution in [0.5, 0.6) is 17.2 Å². The Labute approximate surface area is 303 Å². The van der Waals surface area contributed by atoms with E-state index in [4.69, 9.17) is 37.3 Å². The molecule has 4 aromatic rings. The molecule has 4 aliphatic rings. The molecule has 2 saturated heterocycles. The monoisotopic (exact) mass is 706 g/mol. The molecule has 3 unspecified atom stereocenters. The van der Waals surface area contributed by atoms with E-state index in [0.717, 1.165) is 70.9 Å². The Hall–Kier alpha value is -4.57. The molecular formula is C43H46O9. The van der Waals surface area contributed by atoms with E-state index in [-0.39, 0.29) is 11.7 Å². The fourth-order valence-electron chi connectivity index (χ4n) is 7.42. The van der Waals surface area contributed by atoms with Gasteiger partial charge in [0, 0.05) is 23.8 Å². The van der Waals surface area contributed by atoms with Crippen molar-refractivity contribution in [2.75, 3.05) is 13.2 Å². The van der Waals surface area contributed by atoms with E-state index in [1.54, 1.807) is 18.4 Å². The Morgan fingerprint density at radius 3 is 2.25 bits per heavy atom. The van der Waals surface area contributed by atoms with Crippen LogP contribution in [0.4, 0.5) is 0 Å². The number of rotatable bonds is 12. The topological polar surface area (TPSA) is 102 Å². The molecule has 8 rings (SSSR count). The number of allylic oxidation sites excluding steroid dienone is 3. The van der Waals surface area contributed by atoms with Crippen molar-refractivity contribution in [1.29, 1.82) is 0 Å². The lowest BCUT2D eigenvalue weighted by Gasteiger charge is -2.31. The number of epoxide rings is 1. The van der Waals surface area contributed by atoms with Crippen molar-refractivity contribution in [1.82, 2.24) is 0 Å². The molecule has 272 valence electrons. The SMILES string of the molecule is C/C(=C\COc1c2c(cc3c1C=CC1(O3)OC(CC/C(C)=C/COc3c4ccoc4cc4oc(=O)ccc34)C(C)(C)O1)CC=C2)CCC1OC1(C)C. The van der Waals surface area contributed by atoms with Gasteiger partial charge < -0.3 is 37.3 Å². The zero-order valence-corrected chi connectivity index (χ0v) is 30.7. The van der Waals surface area contributed by atoms with Gasteiger partial charge in [-0.05, 0) is 116 Å². The lowest BCUT2D eigenvalue weighted by Crippen LogP contribution is -2.39. The maximum absolute atomic E-state index is 11.8. The van der Waals surface area contributed by atoms with Crippen LogP contribution in [0.25, 0.3) is 34.1 Å². The molecule has 2 fully saturated rings. The highest BCUT2D eigenvalue weighted by molar-refractivity contribution is 6.01. The van der Waals surface area contributed by atoms with Crippen molar-refractivity contribution in [3.8, 4) is 17.2 Å². The Morgan fingerprint density at radius 1 is 0.827 bits per heavy atom. The van der Waals surface area contributed by atoms with Crippen LogP contribution in [0.1, 0.15) is 83.9 Å². The van der Waals surface area contributed by atoms with Crippen LogP contribution in [-0.2, 0) is 20.6 Å². The van der Waals surface area contributed by atoms with E-state index in [1.807, 2.05) is 32.1 Å². The number of furan rings is 1. The molecule has 3 aliphatic heterocycles. The van der Waals surface area contributed by atoms with Crippen LogP contribution >= 0.6 is 0 Å². The minimum atomic E-state index is -1.33. The molecule has 2 aromatic carbocycles. The second-order valence-electron chi connectivity index (χ2n) is 15.4. The first-order valence-electron chi connectivity index (χ1n) is 18.2. The van der Waals surface area contributed by atoms with Gasteiger partial charge in [0.15, 0.2) is 0 Å². The molecular weight excluding hydrogens is 660 g/mol. The first-order chi connectivity index (χ1) is 24.9. The average molecular weight is 707 g/mol. The molecule has 3 atom stereocenters. The van der Waals surface area contributed by atoms with Crippen molar-refractivity contribution in [3.63, 3.8) is 0 Å². The summed E-state index contributed by atoms with van der Waals surface area (Å²) < 4.78 is 49.1. The number of benzene rings is 2. The van der Waals surface area contributed by atoms with E-state index in [2.05, 4.69) is 58.1 Å². The largest absolute Gasteiger partial charge is 0.488 e. The highest BCUT2D eigenvalue weighted by Gasteiger charge is 2.54. The van der Waals surface area contributed by atoms with Gasteiger partial charge in [0.2, 0.25) is 0 Å². The molecule has 0 saturated carbocycles. The molecule has 0 amide bonds. The summed E-state index contributed by atoms with van der Waals surface area (Å²) in [4.78, 5) is 11.8. The second kappa shape index (κ2) is 13.1. The van der Waals surface area contributed by atoms with Crippen molar-refractivity contribution >= 4 is 34.1 Å². The summed E-state index contributed by atoms with van der Waals surface area (Å²) in [5.41, 5.74) is 5.62. The van der Waals surface area contributed by atoms with Crippen molar-refractivity contribution in [2.45, 2.75) is 103 Å². The van der Waals surface area contributed by atoms with Crippen LogP contribution in [0.2, 0.25) is 0 Å². The number of hydrogen-bond acceptors (Lipinski definition) is 9. The number of ether oxygens (including phenoxy) is 6. The third kappa shape index (κ3) is 6.73. The summed E-state index contributed by atoms with van der Waals surface area (Å²) in [6.07, 6.45) is 18.5. The first-order valence-corrected chi connectivity index (χ1v) is 18.2. The Bertz CT molecular complexity index is 2210. The molecule has 0 radical (unpaired) electrons. The highest BCUT2D eigenvalue weighted by atomic mass is 16.9. The van der Waals surface area contributed by atoms with Gasteiger partial charge in [0.25, 0.3) is 0 Å². The fourth-order valence-corrected chi connectivity index (χ4v) is 7.42. The Morgan fingerprint density at radius 2 is 1.52 bits per heavy atom. The molecule has 1 spiro atoms. The van der Waals surface area contributed by atoms with Crippen LogP contribution in [0.3, 0.4) is 0 Å². The fraction of sp³-hybridized carbons (Fsp3) is 0.419. The van der Waals surface area contributed by atoms with Gasteiger partial charge in [-0.15, -0.1) is 0 Å². The van der Waals surface area contributed by atoms with Gasteiger partial charge in [-0.3, -0.25) is 0 Å². The minimum absolute atomic E-state index is 0.0159. The second-order valence-corrected chi connectivity index (χ2v) is 15.4. The summed E-state index contributed by atoms with van der Waals surface area (Å²) in [5.74, 6) is 0.809. The summed E-state index contributed by atoms with van der Waals surface area (Å²) in [7, 11) is 0. The zero-order valence-electron chi connectivity index (χ0n) is 30.7. The molecule has 0 N–H and O–H groups in total. The average Bonchev–Trinajstić information content (AvgIpc) is 3.49. The zero-order chi connectivity index (χ0) is 36.3. The number of fused-ring (bicyclic) bond motifs is 4. The van der Waals surface area contributed by atoms with E-state index < -0.39 is 17.2 Å². The van der Waals surface area contributed by atoms with Gasteiger partial charge in [0.1, 0.15) is 41.6 Å². The summed E-state index contributed by atoms with van der Waals surface area (Å²) in [6, 6.07) is 8.77. The third-order valence-electron chi connectivity index (χ3n) is 10.6. The Kier molecular flexibility index (Phi) is 8.71. The lowest BCUT2D eigenvalue weighted by atomic mass is 9.96. The van der Waals surface area contributed by atoms with Gasteiger partial charge in [-0.25, -0.2) is 4.79 Å². The Balaban J connectivity index is 0.913. The van der Waals surface area contributed by atoms with Crippen molar-refractivity contribution in [3.05, 3.63) is 99.2 Å². The quantitative estimate of drug-likeness (QED) is 0.0810. The van der Waals surface area contributed by atoms with E-state index >= 15 is 0 Å². The van der Waals surface area contributed by atoms with Crippen LogP contribution in [0, 0.1) is 0 Å². The molecule has 9 nitrogen and oxygen atoms in total. The van der Waals surface area contributed by atoms with E-state index in [9.17, 15) is 4.79 Å². The highest BCUT2D eigenvalue weighted by Crippen LogP contribution is 2.48. The van der Waals surface area contributed by atoms with Crippen molar-refractivity contribution < 1.29 is 37.3 Å². The van der Waals surface area contributed by atoms with Gasteiger partial charge >= 0.3 is 11.6 Å². The summed E-state index contributed by atoms with van der Waals surface area (Å²) in [5, 5.41) is 1.54. The van der Waals surface area contributed by atoms with Crippen molar-refractivity contribution in [2.24, 2.45) is 0 Å². The summed E-state index contributed by atoms with van der Waals surface area (Å²) in [6.45, 7) is 13.4. The molecule has 0 bridgehead atoms. The summed E-state index contributed by atoms with van der Waals surface area (Å²) >= 11 is 0. The van der Waals surface area contributed by atoms with Gasteiger partial charge in [-0.1, -0.05) is 23.3 Å². The van der Waals surface area contributed by atoms with E-state index in [1.165, 1.54) is 11.6 Å². The molecule has 2 aromatic heterocycles. The molecule has 1 aliphatic carbocycles. The van der Waals surface area contributed by atoms with Gasteiger partial charge in [0.05, 0.1) is 46.0 Å². The maximum Gasteiger partial charge on any atom is 0.350 e. The van der Waals surface area contributed by atoms with Gasteiger partial charge in [-0.2, -0.15) is 0 Å². The third-order valence-corrected chi connectivity index (χ3v) is 10.6. The smallest absolute Gasteiger partial charge is 0.350 e. The predicted molar refractivity (Wildman–Crippen MR) is 200 cm³/mol. The van der Waals surface area contributed by atoms with Crippen LogP contribution < -0.4 is 19.8 Å². The molecule has 9 heteroatoms. The minimum Gasteiger partial charge on any atom is -0.488 e. The standard InChI is InChI=1S/C43H46O9/c1-26(10-13-36-41(3,4)50-36)17-21-46-39-29-9-7-8-28(29)24-35-31(39)16-20-43(49-35)51-37(42(5,6)52-43)14-11-27(2)18-22-47-40-30-12-15-38(44)48-34(30)25-33-32(40)19-23-45-33/h7,9,12,15-20,23-25,36-37H,8,10-11,13-14,21-22H2,1-6H3/b26-17+,27-18+.